The molecule has 2 unspecified atom stereocenters. The standard InChI is InChI=1S/C23H34FN5/c1-19(2)28-15-9-22(21(24)18-28)26-12-5-13-27(17-16-26)23-6-3-4-14-29(23)20-7-10-25-11-8-20/h3-4,6-8,10-11,19,21-22H,5,9,12-18H2,1-2H3. The Balaban J connectivity index is 1.41. The van der Waals surface area contributed by atoms with Crippen molar-refractivity contribution in [3.8, 4) is 0 Å². The van der Waals surface area contributed by atoms with E-state index in [1.807, 2.05) is 12.4 Å². The lowest BCUT2D eigenvalue weighted by Gasteiger charge is -2.42. The van der Waals surface area contributed by atoms with Crippen molar-refractivity contribution in [3.05, 3.63) is 48.6 Å². The van der Waals surface area contributed by atoms with Crippen molar-refractivity contribution in [3.63, 3.8) is 0 Å². The SMILES string of the molecule is CC(C)N1CCC(N2CCCN(C3=CC=CCN3c3ccncc3)CC2)C(F)C1. The van der Waals surface area contributed by atoms with Gasteiger partial charge >= 0.3 is 0 Å². The van der Waals surface area contributed by atoms with Gasteiger partial charge < -0.3 is 9.80 Å². The van der Waals surface area contributed by atoms with Gasteiger partial charge in [-0.05, 0) is 44.9 Å². The van der Waals surface area contributed by atoms with E-state index in [0.29, 0.717) is 12.6 Å². The van der Waals surface area contributed by atoms with Crippen LogP contribution in [0.4, 0.5) is 10.1 Å². The quantitative estimate of drug-likeness (QED) is 0.775. The molecule has 0 saturated carbocycles. The number of rotatable bonds is 4. The number of allylic oxidation sites excluding steroid dienone is 2. The second-order valence-electron chi connectivity index (χ2n) is 8.61. The van der Waals surface area contributed by atoms with Crippen molar-refractivity contribution in [2.45, 2.75) is 44.9 Å². The van der Waals surface area contributed by atoms with Gasteiger partial charge in [0, 0.05) is 76.0 Å². The number of aromatic nitrogens is 1. The van der Waals surface area contributed by atoms with Gasteiger partial charge in [0.15, 0.2) is 0 Å². The molecule has 1 aromatic rings. The van der Waals surface area contributed by atoms with Crippen LogP contribution in [0.5, 0.6) is 0 Å². The van der Waals surface area contributed by atoms with Crippen LogP contribution < -0.4 is 4.90 Å². The first-order valence-electron chi connectivity index (χ1n) is 11.0. The summed E-state index contributed by atoms with van der Waals surface area (Å²) in [5, 5.41) is 0. The number of piperidine rings is 1. The summed E-state index contributed by atoms with van der Waals surface area (Å²) in [5.74, 6) is 1.24. The van der Waals surface area contributed by atoms with Crippen molar-refractivity contribution in [1.82, 2.24) is 19.7 Å². The van der Waals surface area contributed by atoms with E-state index in [9.17, 15) is 4.39 Å². The van der Waals surface area contributed by atoms with E-state index in [1.165, 1.54) is 11.5 Å². The first-order valence-corrected chi connectivity index (χ1v) is 11.0. The Kier molecular flexibility index (Phi) is 6.50. The largest absolute Gasteiger partial charge is 0.357 e. The number of nitrogens with zero attached hydrogens (tertiary/aromatic N) is 5. The maximum Gasteiger partial charge on any atom is 0.128 e. The number of alkyl halides is 1. The fourth-order valence-corrected chi connectivity index (χ4v) is 4.84. The van der Waals surface area contributed by atoms with Crippen LogP contribution in [0, 0.1) is 0 Å². The molecule has 29 heavy (non-hydrogen) atoms. The van der Waals surface area contributed by atoms with Crippen molar-refractivity contribution < 1.29 is 4.39 Å². The van der Waals surface area contributed by atoms with Gasteiger partial charge in [-0.25, -0.2) is 4.39 Å². The summed E-state index contributed by atoms with van der Waals surface area (Å²) in [7, 11) is 0. The lowest BCUT2D eigenvalue weighted by atomic mass is 10.00. The number of likely N-dealkylation sites (tertiary alicyclic amines) is 1. The van der Waals surface area contributed by atoms with Crippen molar-refractivity contribution in [2.75, 3.05) is 50.7 Å². The van der Waals surface area contributed by atoms with Crippen molar-refractivity contribution in [2.24, 2.45) is 0 Å². The van der Waals surface area contributed by atoms with Gasteiger partial charge in [0.1, 0.15) is 12.0 Å². The number of pyridine rings is 1. The van der Waals surface area contributed by atoms with Crippen LogP contribution in [0.3, 0.4) is 0 Å². The van der Waals surface area contributed by atoms with Crippen LogP contribution in [-0.4, -0.2) is 83.8 Å². The van der Waals surface area contributed by atoms with Crippen LogP contribution in [0.1, 0.15) is 26.7 Å². The molecule has 2 atom stereocenters. The highest BCUT2D eigenvalue weighted by Crippen LogP contribution is 2.26. The molecule has 3 aliphatic heterocycles. The third kappa shape index (κ3) is 4.64. The third-order valence-corrected chi connectivity index (χ3v) is 6.51. The fourth-order valence-electron chi connectivity index (χ4n) is 4.84. The minimum Gasteiger partial charge on any atom is -0.357 e. The molecule has 158 valence electrons. The van der Waals surface area contributed by atoms with Crippen LogP contribution in [-0.2, 0) is 0 Å². The lowest BCUT2D eigenvalue weighted by molar-refractivity contribution is 0.0244. The smallest absolute Gasteiger partial charge is 0.128 e. The molecule has 6 heteroatoms. The van der Waals surface area contributed by atoms with E-state index in [0.717, 1.165) is 52.1 Å². The maximum atomic E-state index is 15.0. The summed E-state index contributed by atoms with van der Waals surface area (Å²) in [6.07, 6.45) is 11.5. The van der Waals surface area contributed by atoms with E-state index in [1.54, 1.807) is 0 Å². The molecule has 0 N–H and O–H groups in total. The minimum absolute atomic E-state index is 0.0708. The molecule has 0 spiro atoms. The summed E-state index contributed by atoms with van der Waals surface area (Å²) in [6, 6.07) is 4.63. The van der Waals surface area contributed by atoms with E-state index < -0.39 is 6.17 Å². The second-order valence-corrected chi connectivity index (χ2v) is 8.61. The molecule has 0 aliphatic carbocycles. The molecule has 2 saturated heterocycles. The van der Waals surface area contributed by atoms with Crippen LogP contribution in [0.2, 0.25) is 0 Å². The number of halogens is 1. The van der Waals surface area contributed by atoms with E-state index in [-0.39, 0.29) is 6.04 Å². The molecule has 0 amide bonds. The summed E-state index contributed by atoms with van der Waals surface area (Å²) in [6.45, 7) is 10.7. The van der Waals surface area contributed by atoms with Crippen LogP contribution >= 0.6 is 0 Å². The Hall–Kier alpha value is -1.92. The first-order chi connectivity index (χ1) is 14.1. The third-order valence-electron chi connectivity index (χ3n) is 6.51. The minimum atomic E-state index is -0.747. The average Bonchev–Trinajstić information content (AvgIpc) is 3.00. The summed E-state index contributed by atoms with van der Waals surface area (Å²) in [5.41, 5.74) is 1.17. The molecular formula is C23H34FN5. The normalized spacial score (nSPS) is 27.2. The maximum absolute atomic E-state index is 15.0. The molecule has 0 bridgehead atoms. The summed E-state index contributed by atoms with van der Waals surface area (Å²) < 4.78 is 15.0. The number of hydrogen-bond acceptors (Lipinski definition) is 5. The van der Waals surface area contributed by atoms with E-state index >= 15 is 0 Å². The Morgan fingerprint density at radius 1 is 1.07 bits per heavy atom. The molecule has 0 aromatic carbocycles. The van der Waals surface area contributed by atoms with Gasteiger partial charge in [-0.1, -0.05) is 12.2 Å². The Bertz CT molecular complexity index is 719. The monoisotopic (exact) mass is 399 g/mol. The number of hydrogen-bond donors (Lipinski definition) is 0. The molecule has 4 heterocycles. The Morgan fingerprint density at radius 2 is 1.90 bits per heavy atom. The van der Waals surface area contributed by atoms with Crippen LogP contribution in [0.25, 0.3) is 0 Å². The van der Waals surface area contributed by atoms with Gasteiger partial charge in [-0.15, -0.1) is 0 Å². The van der Waals surface area contributed by atoms with Crippen molar-refractivity contribution >= 4 is 5.69 Å². The zero-order chi connectivity index (χ0) is 20.2. The zero-order valence-electron chi connectivity index (χ0n) is 17.8. The predicted octanol–water partition coefficient (Wildman–Crippen LogP) is 3.13. The molecular weight excluding hydrogens is 365 g/mol. The van der Waals surface area contributed by atoms with Gasteiger partial charge in [-0.3, -0.25) is 14.8 Å². The van der Waals surface area contributed by atoms with Gasteiger partial charge in [0.2, 0.25) is 0 Å². The van der Waals surface area contributed by atoms with Crippen LogP contribution in [0.15, 0.2) is 48.6 Å². The lowest BCUT2D eigenvalue weighted by Crippen LogP contribution is -2.54. The average molecular weight is 400 g/mol. The highest BCUT2D eigenvalue weighted by Gasteiger charge is 2.35. The highest BCUT2D eigenvalue weighted by molar-refractivity contribution is 5.53. The molecule has 3 aliphatic rings. The predicted molar refractivity (Wildman–Crippen MR) is 117 cm³/mol. The Labute approximate surface area is 174 Å². The molecule has 1 aromatic heterocycles. The van der Waals surface area contributed by atoms with Crippen molar-refractivity contribution in [1.29, 1.82) is 0 Å². The van der Waals surface area contributed by atoms with Gasteiger partial charge in [-0.2, -0.15) is 0 Å². The molecule has 0 radical (unpaired) electrons. The number of anilines is 1. The second kappa shape index (κ2) is 9.26. The van der Waals surface area contributed by atoms with E-state index in [2.05, 4.69) is 68.8 Å². The fraction of sp³-hybridized carbons (Fsp3) is 0.609. The molecule has 5 nitrogen and oxygen atoms in total. The topological polar surface area (TPSA) is 25.9 Å². The molecule has 4 rings (SSSR count). The summed E-state index contributed by atoms with van der Waals surface area (Å²) in [4.78, 5) is 13.7. The highest BCUT2D eigenvalue weighted by atomic mass is 19.1. The summed E-state index contributed by atoms with van der Waals surface area (Å²) >= 11 is 0. The Morgan fingerprint density at radius 3 is 2.66 bits per heavy atom. The van der Waals surface area contributed by atoms with Gasteiger partial charge in [0.25, 0.3) is 0 Å². The molecule has 2 fully saturated rings. The van der Waals surface area contributed by atoms with E-state index in [4.69, 9.17) is 0 Å². The first kappa shape index (κ1) is 20.4. The zero-order valence-corrected chi connectivity index (χ0v) is 17.8. The van der Waals surface area contributed by atoms with Gasteiger partial charge in [0.05, 0.1) is 0 Å².